The van der Waals surface area contributed by atoms with E-state index in [1.54, 1.807) is 18.1 Å². The summed E-state index contributed by atoms with van der Waals surface area (Å²) in [6, 6.07) is 10.4. The molecule has 1 aliphatic heterocycles. The van der Waals surface area contributed by atoms with E-state index in [-0.39, 0.29) is 11.3 Å². The average molecular weight is 495 g/mol. The summed E-state index contributed by atoms with van der Waals surface area (Å²) >= 11 is 0. The number of amides is 1. The second-order valence-corrected chi connectivity index (χ2v) is 10.1. The highest BCUT2D eigenvalue weighted by Crippen LogP contribution is 2.41. The largest absolute Gasteiger partial charge is 0.507 e. The molecule has 2 aromatic carbocycles. The van der Waals surface area contributed by atoms with E-state index < -0.39 is 17.7 Å². The molecule has 0 aromatic heterocycles. The molecule has 0 saturated carbocycles. The van der Waals surface area contributed by atoms with E-state index in [0.717, 1.165) is 23.2 Å². The third kappa shape index (κ3) is 5.90. The molecule has 0 radical (unpaired) electrons. The van der Waals surface area contributed by atoms with Gasteiger partial charge in [0.25, 0.3) is 11.7 Å². The number of benzene rings is 2. The maximum atomic E-state index is 13.4. The van der Waals surface area contributed by atoms with Crippen LogP contribution in [0.1, 0.15) is 48.6 Å². The lowest BCUT2D eigenvalue weighted by Crippen LogP contribution is -2.32. The Morgan fingerprint density at radius 1 is 1.11 bits per heavy atom. The van der Waals surface area contributed by atoms with Crippen molar-refractivity contribution in [2.75, 3.05) is 40.9 Å². The van der Waals surface area contributed by atoms with Gasteiger partial charge in [-0.05, 0) is 87.8 Å². The number of hydrogen-bond acceptors (Lipinski definition) is 6. The lowest BCUT2D eigenvalue weighted by Gasteiger charge is -2.26. The molecule has 1 unspecified atom stereocenters. The number of aryl methyl sites for hydroxylation is 2. The summed E-state index contributed by atoms with van der Waals surface area (Å²) < 4.78 is 11.3. The van der Waals surface area contributed by atoms with Gasteiger partial charge in [0.05, 0.1) is 25.3 Å². The summed E-state index contributed by atoms with van der Waals surface area (Å²) in [5.41, 5.74) is 2.91. The molecule has 1 N–H and O–H groups in total. The number of nitrogens with zero attached hydrogens (tertiary/aromatic N) is 2. The molecular weight excluding hydrogens is 456 g/mol. The first kappa shape index (κ1) is 27.3. The van der Waals surface area contributed by atoms with Crippen LogP contribution in [0.25, 0.3) is 5.76 Å². The molecule has 1 amide bonds. The smallest absolute Gasteiger partial charge is 0.295 e. The van der Waals surface area contributed by atoms with Crippen molar-refractivity contribution in [3.8, 4) is 11.5 Å². The van der Waals surface area contributed by atoms with Crippen LogP contribution in [0.4, 0.5) is 0 Å². The Kier molecular flexibility index (Phi) is 8.79. The predicted molar refractivity (Wildman–Crippen MR) is 141 cm³/mol. The fourth-order valence-corrected chi connectivity index (χ4v) is 4.46. The van der Waals surface area contributed by atoms with Gasteiger partial charge in [-0.2, -0.15) is 0 Å². The molecule has 7 heteroatoms. The van der Waals surface area contributed by atoms with Crippen LogP contribution < -0.4 is 9.47 Å². The van der Waals surface area contributed by atoms with Gasteiger partial charge in [-0.3, -0.25) is 9.59 Å². The Hall–Kier alpha value is -3.32. The number of aliphatic hydroxyl groups is 1. The van der Waals surface area contributed by atoms with Gasteiger partial charge >= 0.3 is 0 Å². The normalized spacial score (nSPS) is 17.4. The minimum atomic E-state index is -0.712. The van der Waals surface area contributed by atoms with Crippen LogP contribution in [0.5, 0.6) is 11.5 Å². The summed E-state index contributed by atoms with van der Waals surface area (Å²) in [7, 11) is 5.53. The van der Waals surface area contributed by atoms with E-state index in [0.29, 0.717) is 42.6 Å². The van der Waals surface area contributed by atoms with Crippen molar-refractivity contribution in [2.45, 2.75) is 40.2 Å². The van der Waals surface area contributed by atoms with Gasteiger partial charge in [0, 0.05) is 12.1 Å². The lowest BCUT2D eigenvalue weighted by molar-refractivity contribution is -0.139. The predicted octanol–water partition coefficient (Wildman–Crippen LogP) is 4.72. The van der Waals surface area contributed by atoms with Crippen molar-refractivity contribution in [3.05, 3.63) is 64.2 Å². The number of carbonyl (C=O) groups excluding carboxylic acids is 2. The molecule has 7 nitrogen and oxygen atoms in total. The molecule has 1 fully saturated rings. The number of likely N-dealkylation sites (tertiary alicyclic amines) is 1. The Morgan fingerprint density at radius 2 is 1.83 bits per heavy atom. The zero-order valence-electron chi connectivity index (χ0n) is 22.4. The lowest BCUT2D eigenvalue weighted by atomic mass is 9.93. The maximum absolute atomic E-state index is 13.4. The van der Waals surface area contributed by atoms with Crippen molar-refractivity contribution in [3.63, 3.8) is 0 Å². The molecule has 3 rings (SSSR count). The monoisotopic (exact) mass is 494 g/mol. The molecule has 0 bridgehead atoms. The molecule has 1 heterocycles. The zero-order chi connectivity index (χ0) is 26.6. The highest BCUT2D eigenvalue weighted by Gasteiger charge is 2.46. The number of methoxy groups -OCH3 is 1. The Bertz CT molecular complexity index is 1150. The van der Waals surface area contributed by atoms with Crippen molar-refractivity contribution in [1.82, 2.24) is 9.80 Å². The Balaban J connectivity index is 2.14. The fraction of sp³-hybridized carbons (Fsp3) is 0.448. The van der Waals surface area contributed by atoms with Gasteiger partial charge < -0.3 is 24.4 Å². The van der Waals surface area contributed by atoms with Crippen molar-refractivity contribution >= 4 is 17.4 Å². The minimum Gasteiger partial charge on any atom is -0.507 e. The van der Waals surface area contributed by atoms with Crippen LogP contribution in [0.15, 0.2) is 42.0 Å². The van der Waals surface area contributed by atoms with Crippen LogP contribution in [0.2, 0.25) is 0 Å². The van der Waals surface area contributed by atoms with Crippen LogP contribution in [0.3, 0.4) is 0 Å². The van der Waals surface area contributed by atoms with E-state index >= 15 is 0 Å². The highest BCUT2D eigenvalue weighted by molar-refractivity contribution is 6.46. The number of ketones is 1. The molecule has 36 heavy (non-hydrogen) atoms. The molecule has 194 valence electrons. The molecule has 2 aromatic rings. The number of aliphatic hydroxyl groups excluding tert-OH is 1. The third-order valence-corrected chi connectivity index (χ3v) is 6.30. The second kappa shape index (κ2) is 11.6. The van der Waals surface area contributed by atoms with Crippen LogP contribution in [-0.2, 0) is 9.59 Å². The SMILES string of the molecule is COc1cc(C)c(/C(O)=C2\C(=O)C(=O)N(CCCN(C)C)C2c2cccc(OCC(C)C)c2)cc1C. The van der Waals surface area contributed by atoms with Crippen molar-refractivity contribution < 1.29 is 24.2 Å². The molecule has 1 saturated heterocycles. The van der Waals surface area contributed by atoms with Gasteiger partial charge in [0.15, 0.2) is 0 Å². The number of ether oxygens (including phenoxy) is 2. The zero-order valence-corrected chi connectivity index (χ0v) is 22.4. The van der Waals surface area contributed by atoms with Crippen LogP contribution >= 0.6 is 0 Å². The highest BCUT2D eigenvalue weighted by atomic mass is 16.5. The molecule has 1 aliphatic rings. The average Bonchev–Trinajstić information content (AvgIpc) is 3.08. The Morgan fingerprint density at radius 3 is 2.47 bits per heavy atom. The third-order valence-electron chi connectivity index (χ3n) is 6.30. The fourth-order valence-electron chi connectivity index (χ4n) is 4.46. The second-order valence-electron chi connectivity index (χ2n) is 10.1. The first-order chi connectivity index (χ1) is 17.0. The maximum Gasteiger partial charge on any atom is 0.295 e. The number of hydrogen-bond donors (Lipinski definition) is 1. The topological polar surface area (TPSA) is 79.3 Å². The molecule has 0 spiro atoms. The molecule has 1 atom stereocenters. The summed E-state index contributed by atoms with van der Waals surface area (Å²) in [5, 5.41) is 11.5. The first-order valence-electron chi connectivity index (χ1n) is 12.4. The van der Waals surface area contributed by atoms with Gasteiger partial charge in [-0.15, -0.1) is 0 Å². The summed E-state index contributed by atoms with van der Waals surface area (Å²) in [6.07, 6.45) is 0.695. The van der Waals surface area contributed by atoms with Crippen LogP contribution in [-0.4, -0.2) is 67.5 Å². The van der Waals surface area contributed by atoms with E-state index in [9.17, 15) is 14.7 Å². The van der Waals surface area contributed by atoms with Crippen molar-refractivity contribution in [1.29, 1.82) is 0 Å². The summed E-state index contributed by atoms with van der Waals surface area (Å²) in [5.74, 6) is 0.258. The Labute approximate surface area is 214 Å². The first-order valence-corrected chi connectivity index (χ1v) is 12.4. The van der Waals surface area contributed by atoms with E-state index in [1.165, 1.54) is 0 Å². The van der Waals surface area contributed by atoms with Gasteiger partial charge in [0.1, 0.15) is 17.3 Å². The van der Waals surface area contributed by atoms with Gasteiger partial charge in [0.2, 0.25) is 0 Å². The minimum absolute atomic E-state index is 0.0959. The van der Waals surface area contributed by atoms with E-state index in [4.69, 9.17) is 9.47 Å². The number of carbonyl (C=O) groups is 2. The van der Waals surface area contributed by atoms with E-state index in [1.807, 2.05) is 63.2 Å². The quantitative estimate of drug-likeness (QED) is 0.293. The summed E-state index contributed by atoms with van der Waals surface area (Å²) in [4.78, 5) is 30.2. The number of rotatable bonds is 10. The number of Topliss-reactive ketones (excluding diaryl/α,β-unsaturated/α-hetero) is 1. The van der Waals surface area contributed by atoms with E-state index in [2.05, 4.69) is 13.8 Å². The van der Waals surface area contributed by atoms with Crippen molar-refractivity contribution in [2.24, 2.45) is 5.92 Å². The molecule has 0 aliphatic carbocycles. The standard InChI is InChI=1S/C29H38N2O5/c1-18(2)17-36-22-11-8-10-21(16-22)26-25(28(33)29(34)31(26)13-9-12-30(5)6)27(32)23-14-20(4)24(35-7)15-19(23)3/h8,10-11,14-16,18,26,32H,9,12-13,17H2,1-7H3/b27-25+. The molecular formula is C29H38N2O5. The van der Waals surface area contributed by atoms with Crippen LogP contribution in [0, 0.1) is 19.8 Å². The van der Waals surface area contributed by atoms with Gasteiger partial charge in [-0.25, -0.2) is 0 Å². The summed E-state index contributed by atoms with van der Waals surface area (Å²) in [6.45, 7) is 9.58. The van der Waals surface area contributed by atoms with Gasteiger partial charge in [-0.1, -0.05) is 26.0 Å².